The molecule has 0 bridgehead atoms. The summed E-state index contributed by atoms with van der Waals surface area (Å²) in [6.07, 6.45) is 5.67. The third kappa shape index (κ3) is 4.12. The molecule has 1 unspecified atom stereocenters. The van der Waals surface area contributed by atoms with E-state index >= 15 is 0 Å². The average Bonchev–Trinajstić information content (AvgIpc) is 2.20. The van der Waals surface area contributed by atoms with Gasteiger partial charge in [-0.25, -0.2) is 0 Å². The Morgan fingerprint density at radius 1 is 1.27 bits per heavy atom. The van der Waals surface area contributed by atoms with Crippen LogP contribution in [0.2, 0.25) is 0 Å². The van der Waals surface area contributed by atoms with Gasteiger partial charge in [0.25, 0.3) is 0 Å². The van der Waals surface area contributed by atoms with E-state index in [2.05, 4.69) is 31.0 Å². The highest BCUT2D eigenvalue weighted by Crippen LogP contribution is 2.27. The lowest BCUT2D eigenvalue weighted by molar-refractivity contribution is 0.133. The Balaban J connectivity index is 2.30. The lowest BCUT2D eigenvalue weighted by Gasteiger charge is -2.36. The molecule has 0 aromatic rings. The van der Waals surface area contributed by atoms with Gasteiger partial charge in [0.2, 0.25) is 0 Å². The topological polar surface area (TPSA) is 15.3 Å². The van der Waals surface area contributed by atoms with E-state index in [9.17, 15) is 0 Å². The highest BCUT2D eigenvalue weighted by atomic mass is 15.2. The van der Waals surface area contributed by atoms with E-state index in [1.54, 1.807) is 0 Å². The van der Waals surface area contributed by atoms with E-state index in [0.29, 0.717) is 0 Å². The number of nitrogens with zero attached hydrogens (tertiary/aromatic N) is 1. The second-order valence-electron chi connectivity index (χ2n) is 4.75. The molecular formula is C13H28N2. The average molecular weight is 212 g/mol. The van der Waals surface area contributed by atoms with Crippen molar-refractivity contribution in [3.8, 4) is 0 Å². The first-order valence-electron chi connectivity index (χ1n) is 6.76. The van der Waals surface area contributed by atoms with Gasteiger partial charge in [0.15, 0.2) is 0 Å². The zero-order valence-corrected chi connectivity index (χ0v) is 10.8. The number of hydrogen-bond acceptors (Lipinski definition) is 2. The van der Waals surface area contributed by atoms with Gasteiger partial charge in [-0.15, -0.1) is 0 Å². The van der Waals surface area contributed by atoms with Crippen molar-refractivity contribution in [3.63, 3.8) is 0 Å². The number of hydrogen-bond donors (Lipinski definition) is 1. The molecule has 0 aromatic heterocycles. The highest BCUT2D eigenvalue weighted by molar-refractivity contribution is 4.78. The first-order valence-corrected chi connectivity index (χ1v) is 6.76. The molecule has 2 heteroatoms. The van der Waals surface area contributed by atoms with Crippen molar-refractivity contribution in [1.82, 2.24) is 10.2 Å². The molecule has 1 aliphatic rings. The molecule has 0 amide bonds. The molecule has 1 saturated carbocycles. The molecule has 1 aliphatic carbocycles. The summed E-state index contributed by atoms with van der Waals surface area (Å²) in [7, 11) is 0. The quantitative estimate of drug-likeness (QED) is 0.665. The summed E-state index contributed by atoms with van der Waals surface area (Å²) < 4.78 is 0. The summed E-state index contributed by atoms with van der Waals surface area (Å²) in [5, 5.41) is 3.48. The predicted octanol–water partition coefficient (Wildman–Crippen LogP) is 2.50. The normalized spacial score (nSPS) is 19.2. The molecule has 1 rings (SSSR count). The van der Waals surface area contributed by atoms with Crippen LogP contribution in [0.4, 0.5) is 0 Å². The van der Waals surface area contributed by atoms with Crippen LogP contribution >= 0.6 is 0 Å². The molecule has 1 fully saturated rings. The minimum absolute atomic E-state index is 0.746. The van der Waals surface area contributed by atoms with Crippen LogP contribution in [0.25, 0.3) is 0 Å². The van der Waals surface area contributed by atoms with Crippen LogP contribution in [-0.4, -0.2) is 37.1 Å². The Bertz CT molecular complexity index is 155. The third-order valence-corrected chi connectivity index (χ3v) is 3.74. The molecule has 15 heavy (non-hydrogen) atoms. The third-order valence-electron chi connectivity index (χ3n) is 3.74. The van der Waals surface area contributed by atoms with Gasteiger partial charge in [0.1, 0.15) is 0 Å². The smallest absolute Gasteiger partial charge is 0.0218 e. The Kier molecular flexibility index (Phi) is 6.26. The van der Waals surface area contributed by atoms with Crippen molar-refractivity contribution < 1.29 is 0 Å². The summed E-state index contributed by atoms with van der Waals surface area (Å²) in [5.41, 5.74) is 0. The summed E-state index contributed by atoms with van der Waals surface area (Å²) in [4.78, 5) is 2.67. The fourth-order valence-electron chi connectivity index (χ4n) is 2.39. The standard InChI is InChI=1S/C13H28N2/c1-4-13(10-14-5-2)15(6-3)11-12-8-7-9-12/h12-14H,4-11H2,1-3H3. The number of likely N-dealkylation sites (N-methyl/N-ethyl adjacent to an activating group) is 2. The Morgan fingerprint density at radius 2 is 2.00 bits per heavy atom. The minimum Gasteiger partial charge on any atom is -0.315 e. The largest absolute Gasteiger partial charge is 0.315 e. The Morgan fingerprint density at radius 3 is 2.40 bits per heavy atom. The Labute approximate surface area is 95.4 Å². The van der Waals surface area contributed by atoms with Crippen molar-refractivity contribution in [2.24, 2.45) is 5.92 Å². The van der Waals surface area contributed by atoms with Gasteiger partial charge in [0.05, 0.1) is 0 Å². The zero-order valence-electron chi connectivity index (χ0n) is 10.8. The van der Waals surface area contributed by atoms with Gasteiger partial charge in [-0.1, -0.05) is 27.2 Å². The molecular weight excluding hydrogens is 184 g/mol. The maximum Gasteiger partial charge on any atom is 0.0218 e. The van der Waals surface area contributed by atoms with Gasteiger partial charge in [-0.05, 0) is 38.3 Å². The van der Waals surface area contributed by atoms with Crippen molar-refractivity contribution in [2.45, 2.75) is 52.5 Å². The van der Waals surface area contributed by atoms with E-state index in [4.69, 9.17) is 0 Å². The second kappa shape index (κ2) is 7.24. The number of nitrogens with one attached hydrogen (secondary N) is 1. The van der Waals surface area contributed by atoms with Gasteiger partial charge >= 0.3 is 0 Å². The van der Waals surface area contributed by atoms with Crippen molar-refractivity contribution in [1.29, 1.82) is 0 Å². The monoisotopic (exact) mass is 212 g/mol. The van der Waals surface area contributed by atoms with Gasteiger partial charge in [0, 0.05) is 19.1 Å². The summed E-state index contributed by atoms with van der Waals surface area (Å²) in [5.74, 6) is 1.00. The molecule has 0 saturated heterocycles. The molecule has 2 nitrogen and oxygen atoms in total. The molecule has 0 radical (unpaired) electrons. The maximum absolute atomic E-state index is 3.48. The summed E-state index contributed by atoms with van der Waals surface area (Å²) in [6.45, 7) is 11.6. The SMILES string of the molecule is CCNCC(CC)N(CC)CC1CCC1. The summed E-state index contributed by atoms with van der Waals surface area (Å²) >= 11 is 0. The molecule has 0 aromatic carbocycles. The van der Waals surface area contributed by atoms with Gasteiger partial charge < -0.3 is 5.32 Å². The maximum atomic E-state index is 3.48. The fraction of sp³-hybridized carbons (Fsp3) is 1.00. The minimum atomic E-state index is 0.746. The molecule has 0 aliphatic heterocycles. The first-order chi connectivity index (χ1) is 7.31. The van der Waals surface area contributed by atoms with E-state index in [1.165, 1.54) is 38.8 Å². The lowest BCUT2D eigenvalue weighted by Crippen LogP contribution is -2.45. The molecule has 1 N–H and O–H groups in total. The molecule has 1 atom stereocenters. The molecule has 0 spiro atoms. The second-order valence-corrected chi connectivity index (χ2v) is 4.75. The Hall–Kier alpha value is -0.0800. The summed E-state index contributed by atoms with van der Waals surface area (Å²) in [6, 6.07) is 0.746. The molecule has 90 valence electrons. The van der Waals surface area contributed by atoms with Crippen molar-refractivity contribution in [2.75, 3.05) is 26.2 Å². The van der Waals surface area contributed by atoms with Crippen molar-refractivity contribution >= 4 is 0 Å². The van der Waals surface area contributed by atoms with E-state index in [0.717, 1.165) is 25.0 Å². The van der Waals surface area contributed by atoms with Crippen LogP contribution in [-0.2, 0) is 0 Å². The first kappa shape index (κ1) is 13.0. The highest BCUT2D eigenvalue weighted by Gasteiger charge is 2.23. The van der Waals surface area contributed by atoms with Crippen LogP contribution in [0.5, 0.6) is 0 Å². The lowest BCUT2D eigenvalue weighted by atomic mass is 9.85. The van der Waals surface area contributed by atoms with Crippen LogP contribution in [0.1, 0.15) is 46.5 Å². The zero-order chi connectivity index (χ0) is 11.1. The van der Waals surface area contributed by atoms with Crippen LogP contribution in [0.15, 0.2) is 0 Å². The van der Waals surface area contributed by atoms with E-state index < -0.39 is 0 Å². The van der Waals surface area contributed by atoms with E-state index in [1.807, 2.05) is 0 Å². The number of rotatable bonds is 8. The van der Waals surface area contributed by atoms with Gasteiger partial charge in [-0.2, -0.15) is 0 Å². The fourth-order valence-corrected chi connectivity index (χ4v) is 2.39. The predicted molar refractivity (Wildman–Crippen MR) is 67.2 cm³/mol. The van der Waals surface area contributed by atoms with Gasteiger partial charge in [-0.3, -0.25) is 4.90 Å². The molecule has 0 heterocycles. The van der Waals surface area contributed by atoms with Crippen LogP contribution in [0, 0.1) is 5.92 Å². The van der Waals surface area contributed by atoms with Crippen LogP contribution in [0.3, 0.4) is 0 Å². The van der Waals surface area contributed by atoms with Crippen LogP contribution < -0.4 is 5.32 Å². The van der Waals surface area contributed by atoms with E-state index in [-0.39, 0.29) is 0 Å². The van der Waals surface area contributed by atoms with Crippen molar-refractivity contribution in [3.05, 3.63) is 0 Å².